The van der Waals surface area contributed by atoms with Gasteiger partial charge in [-0.15, -0.1) is 0 Å². The first kappa shape index (κ1) is 12.5. The van der Waals surface area contributed by atoms with Gasteiger partial charge >= 0.3 is 0 Å². The molecule has 0 aromatic carbocycles. The lowest BCUT2D eigenvalue weighted by atomic mass is 10.2. The van der Waals surface area contributed by atoms with E-state index >= 15 is 0 Å². The third kappa shape index (κ3) is 3.47. The molecule has 1 N–H and O–H groups in total. The molecule has 0 aliphatic carbocycles. The summed E-state index contributed by atoms with van der Waals surface area (Å²) in [5, 5.41) is 13.1. The minimum absolute atomic E-state index is 0.190. The van der Waals surface area contributed by atoms with E-state index in [1.165, 1.54) is 0 Å². The van der Waals surface area contributed by atoms with Gasteiger partial charge in [0.05, 0.1) is 6.10 Å². The van der Waals surface area contributed by atoms with E-state index < -0.39 is 0 Å². The molecule has 4 nitrogen and oxygen atoms in total. The van der Waals surface area contributed by atoms with Crippen LogP contribution in [0.4, 0.5) is 0 Å². The van der Waals surface area contributed by atoms with Crippen LogP contribution >= 0.6 is 0 Å². The highest BCUT2D eigenvalue weighted by Gasteiger charge is 2.27. The highest BCUT2D eigenvalue weighted by Crippen LogP contribution is 2.16. The molecule has 0 spiro atoms. The van der Waals surface area contributed by atoms with Crippen molar-refractivity contribution in [3.05, 3.63) is 0 Å². The summed E-state index contributed by atoms with van der Waals surface area (Å²) in [7, 11) is 0. The first-order valence-corrected chi connectivity index (χ1v) is 5.77. The number of aliphatic hydroxyl groups excluding tert-OH is 1. The van der Waals surface area contributed by atoms with Crippen LogP contribution in [0.5, 0.6) is 0 Å². The molecular formula is C11H22N2O2. The van der Waals surface area contributed by atoms with Crippen molar-refractivity contribution in [1.82, 2.24) is 10.0 Å². The number of carbonyl (C=O) groups excluding carboxylic acids is 1. The topological polar surface area (TPSA) is 43.8 Å². The maximum atomic E-state index is 11.7. The molecule has 0 radical (unpaired) electrons. The third-order valence-corrected chi connectivity index (χ3v) is 2.73. The number of nitrogens with zero attached hydrogens (tertiary/aromatic N) is 2. The van der Waals surface area contributed by atoms with Crippen molar-refractivity contribution < 1.29 is 9.90 Å². The molecule has 0 aromatic rings. The highest BCUT2D eigenvalue weighted by molar-refractivity contribution is 5.76. The first-order valence-electron chi connectivity index (χ1n) is 5.77. The minimum atomic E-state index is -0.339. The lowest BCUT2D eigenvalue weighted by Crippen LogP contribution is -2.54. The van der Waals surface area contributed by atoms with Crippen LogP contribution in [0.25, 0.3) is 0 Å². The fraction of sp³-hybridized carbons (Fsp3) is 0.909. The number of carbonyl (C=O) groups is 1. The van der Waals surface area contributed by atoms with Gasteiger partial charge in [-0.1, -0.05) is 0 Å². The Morgan fingerprint density at radius 3 is 2.60 bits per heavy atom. The molecule has 4 heteroatoms. The largest absolute Gasteiger partial charge is 0.393 e. The summed E-state index contributed by atoms with van der Waals surface area (Å²) in [6.07, 6.45) is 1.90. The molecule has 0 aromatic heterocycles. The molecule has 15 heavy (non-hydrogen) atoms. The lowest BCUT2D eigenvalue weighted by molar-refractivity contribution is -0.160. The van der Waals surface area contributed by atoms with Crippen molar-refractivity contribution in [1.29, 1.82) is 0 Å². The second-order valence-electron chi connectivity index (χ2n) is 4.51. The Hall–Kier alpha value is -0.610. The molecule has 1 amide bonds. The summed E-state index contributed by atoms with van der Waals surface area (Å²) >= 11 is 0. The predicted octanol–water partition coefficient (Wildman–Crippen LogP) is 1.01. The first-order chi connectivity index (χ1) is 7.02. The molecule has 0 bridgehead atoms. The van der Waals surface area contributed by atoms with Crippen LogP contribution in [0.1, 0.15) is 40.0 Å². The average Bonchev–Trinajstić information content (AvgIpc) is 2.15. The SMILES string of the molecule is CC(O)CCN1C(=O)CCCN1C(C)C. The Kier molecular flexibility index (Phi) is 4.54. The summed E-state index contributed by atoms with van der Waals surface area (Å²) in [4.78, 5) is 11.7. The molecular weight excluding hydrogens is 192 g/mol. The maximum absolute atomic E-state index is 11.7. The Bertz CT molecular complexity index is 217. The summed E-state index contributed by atoms with van der Waals surface area (Å²) < 4.78 is 0. The maximum Gasteiger partial charge on any atom is 0.236 e. The quantitative estimate of drug-likeness (QED) is 0.759. The van der Waals surface area contributed by atoms with Crippen molar-refractivity contribution in [2.75, 3.05) is 13.1 Å². The zero-order valence-corrected chi connectivity index (χ0v) is 9.94. The van der Waals surface area contributed by atoms with E-state index in [0.717, 1.165) is 13.0 Å². The number of amides is 1. The van der Waals surface area contributed by atoms with E-state index in [2.05, 4.69) is 18.9 Å². The summed E-state index contributed by atoms with van der Waals surface area (Å²) in [5.41, 5.74) is 0. The monoisotopic (exact) mass is 214 g/mol. The minimum Gasteiger partial charge on any atom is -0.393 e. The molecule has 1 atom stereocenters. The van der Waals surface area contributed by atoms with Gasteiger partial charge in [0, 0.05) is 25.6 Å². The average molecular weight is 214 g/mol. The number of hydrazine groups is 1. The third-order valence-electron chi connectivity index (χ3n) is 2.73. The zero-order chi connectivity index (χ0) is 11.4. The smallest absolute Gasteiger partial charge is 0.236 e. The van der Waals surface area contributed by atoms with E-state index in [9.17, 15) is 9.90 Å². The predicted molar refractivity (Wildman–Crippen MR) is 59.1 cm³/mol. The molecule has 1 fully saturated rings. The van der Waals surface area contributed by atoms with Crippen LogP contribution in [0.15, 0.2) is 0 Å². The Morgan fingerprint density at radius 1 is 1.40 bits per heavy atom. The number of aliphatic hydroxyl groups is 1. The summed E-state index contributed by atoms with van der Waals surface area (Å²) in [6, 6.07) is 0.350. The van der Waals surface area contributed by atoms with Crippen molar-refractivity contribution in [3.8, 4) is 0 Å². The molecule has 1 unspecified atom stereocenters. The van der Waals surface area contributed by atoms with E-state index in [1.54, 1.807) is 11.9 Å². The van der Waals surface area contributed by atoms with E-state index in [1.807, 2.05) is 0 Å². The van der Waals surface area contributed by atoms with Crippen LogP contribution in [0.2, 0.25) is 0 Å². The van der Waals surface area contributed by atoms with Crippen molar-refractivity contribution >= 4 is 5.91 Å². The molecule has 88 valence electrons. The van der Waals surface area contributed by atoms with Crippen molar-refractivity contribution in [2.24, 2.45) is 0 Å². The Morgan fingerprint density at radius 2 is 2.07 bits per heavy atom. The summed E-state index contributed by atoms with van der Waals surface area (Å²) in [5.74, 6) is 0.190. The number of rotatable bonds is 4. The highest BCUT2D eigenvalue weighted by atomic mass is 16.3. The van der Waals surface area contributed by atoms with Crippen LogP contribution in [-0.2, 0) is 4.79 Å². The van der Waals surface area contributed by atoms with Crippen LogP contribution in [0.3, 0.4) is 0 Å². The second-order valence-corrected chi connectivity index (χ2v) is 4.51. The van der Waals surface area contributed by atoms with Gasteiger partial charge in [0.1, 0.15) is 0 Å². The van der Waals surface area contributed by atoms with Gasteiger partial charge in [-0.05, 0) is 33.6 Å². The standard InChI is InChI=1S/C11H22N2O2/c1-9(2)12-7-4-5-11(15)13(12)8-6-10(3)14/h9-10,14H,4-8H2,1-3H3. The zero-order valence-electron chi connectivity index (χ0n) is 9.94. The van der Waals surface area contributed by atoms with Crippen molar-refractivity contribution in [2.45, 2.75) is 52.2 Å². The fourth-order valence-electron chi connectivity index (χ4n) is 1.88. The normalized spacial score (nSPS) is 21.1. The van der Waals surface area contributed by atoms with E-state index in [4.69, 9.17) is 0 Å². The summed E-state index contributed by atoms with van der Waals surface area (Å²) in [6.45, 7) is 7.52. The number of hydrogen-bond donors (Lipinski definition) is 1. The Balaban J connectivity index is 2.56. The second kappa shape index (κ2) is 5.47. The van der Waals surface area contributed by atoms with E-state index in [0.29, 0.717) is 25.4 Å². The van der Waals surface area contributed by atoms with Gasteiger partial charge in [-0.2, -0.15) is 0 Å². The Labute approximate surface area is 91.8 Å². The molecule has 1 aliphatic heterocycles. The van der Waals surface area contributed by atoms with Gasteiger partial charge in [0.25, 0.3) is 0 Å². The molecule has 1 aliphatic rings. The van der Waals surface area contributed by atoms with Gasteiger partial charge in [-0.25, -0.2) is 5.01 Å². The lowest BCUT2D eigenvalue weighted by Gasteiger charge is -2.41. The number of hydrogen-bond acceptors (Lipinski definition) is 3. The van der Waals surface area contributed by atoms with E-state index in [-0.39, 0.29) is 12.0 Å². The van der Waals surface area contributed by atoms with Gasteiger partial charge in [-0.3, -0.25) is 9.80 Å². The van der Waals surface area contributed by atoms with Crippen LogP contribution < -0.4 is 0 Å². The van der Waals surface area contributed by atoms with Gasteiger partial charge in [0.15, 0.2) is 0 Å². The fourth-order valence-corrected chi connectivity index (χ4v) is 1.88. The molecule has 1 rings (SSSR count). The van der Waals surface area contributed by atoms with Gasteiger partial charge < -0.3 is 5.11 Å². The molecule has 0 saturated carbocycles. The van der Waals surface area contributed by atoms with Crippen molar-refractivity contribution in [3.63, 3.8) is 0 Å². The van der Waals surface area contributed by atoms with Crippen LogP contribution in [0, 0.1) is 0 Å². The van der Waals surface area contributed by atoms with Crippen LogP contribution in [-0.4, -0.2) is 46.3 Å². The van der Waals surface area contributed by atoms with Gasteiger partial charge in [0.2, 0.25) is 5.91 Å². The molecule has 1 saturated heterocycles. The molecule has 1 heterocycles.